The molecule has 0 radical (unpaired) electrons. The third-order valence-corrected chi connectivity index (χ3v) is 1.25. The lowest BCUT2D eigenvalue weighted by Gasteiger charge is -1.92. The first kappa shape index (κ1) is 8.15. The molecule has 0 heterocycles. The van der Waals surface area contributed by atoms with Crippen LogP contribution >= 0.6 is 0 Å². The van der Waals surface area contributed by atoms with Gasteiger partial charge in [-0.3, -0.25) is 4.99 Å². The molecule has 0 aromatic rings. The summed E-state index contributed by atoms with van der Waals surface area (Å²) >= 11 is 0. The summed E-state index contributed by atoms with van der Waals surface area (Å²) in [5.41, 5.74) is 2.35. The predicted molar refractivity (Wildman–Crippen MR) is 43.0 cm³/mol. The highest BCUT2D eigenvalue weighted by atomic mass is 14.6. The van der Waals surface area contributed by atoms with Crippen molar-refractivity contribution in [2.45, 2.75) is 13.8 Å². The SMILES string of the molecule is C=C/C(C)=C(/C)C=NC. The molecule has 0 atom stereocenters. The number of allylic oxidation sites excluding steroid dienone is 3. The lowest BCUT2D eigenvalue weighted by molar-refractivity contribution is 1.39. The van der Waals surface area contributed by atoms with Crippen LogP contribution in [-0.4, -0.2) is 13.3 Å². The zero-order valence-corrected chi connectivity index (χ0v) is 6.31. The number of nitrogens with zero attached hydrogens (tertiary/aromatic N) is 1. The summed E-state index contributed by atoms with van der Waals surface area (Å²) in [5, 5.41) is 0. The zero-order valence-electron chi connectivity index (χ0n) is 6.31. The first-order chi connectivity index (χ1) is 4.22. The molecule has 0 spiro atoms. The van der Waals surface area contributed by atoms with Crippen molar-refractivity contribution in [1.29, 1.82) is 0 Å². The predicted octanol–water partition coefficient (Wildman–Crippen LogP) is 2.21. The van der Waals surface area contributed by atoms with Crippen LogP contribution in [0.3, 0.4) is 0 Å². The quantitative estimate of drug-likeness (QED) is 0.394. The molecule has 0 aliphatic rings. The van der Waals surface area contributed by atoms with Gasteiger partial charge in [0.1, 0.15) is 0 Å². The van der Waals surface area contributed by atoms with Crippen molar-refractivity contribution in [2.24, 2.45) is 4.99 Å². The summed E-state index contributed by atoms with van der Waals surface area (Å²) in [6.45, 7) is 7.68. The Balaban J connectivity index is 4.27. The van der Waals surface area contributed by atoms with Crippen molar-refractivity contribution in [1.82, 2.24) is 0 Å². The molecule has 0 aliphatic carbocycles. The highest BCUT2D eigenvalue weighted by Crippen LogP contribution is 1.99. The van der Waals surface area contributed by atoms with E-state index in [1.54, 1.807) is 7.05 Å². The minimum Gasteiger partial charge on any atom is -0.296 e. The summed E-state index contributed by atoms with van der Waals surface area (Å²) in [7, 11) is 1.76. The topological polar surface area (TPSA) is 12.4 Å². The number of hydrogen-bond donors (Lipinski definition) is 0. The second-order valence-corrected chi connectivity index (χ2v) is 1.96. The Bertz CT molecular complexity index is 152. The van der Waals surface area contributed by atoms with Gasteiger partial charge in [-0.25, -0.2) is 0 Å². The van der Waals surface area contributed by atoms with Crippen molar-refractivity contribution >= 4 is 6.21 Å². The van der Waals surface area contributed by atoms with E-state index >= 15 is 0 Å². The van der Waals surface area contributed by atoms with E-state index in [1.807, 2.05) is 26.1 Å². The van der Waals surface area contributed by atoms with Crippen LogP contribution in [0.2, 0.25) is 0 Å². The normalized spacial score (nSPS) is 13.7. The molecule has 0 rings (SSSR count). The van der Waals surface area contributed by atoms with Crippen LogP contribution in [0.25, 0.3) is 0 Å². The molecule has 0 aromatic carbocycles. The summed E-state index contributed by atoms with van der Waals surface area (Å²) in [5.74, 6) is 0. The Morgan fingerprint density at radius 3 is 2.22 bits per heavy atom. The molecule has 0 unspecified atom stereocenters. The lowest BCUT2D eigenvalue weighted by Crippen LogP contribution is -1.80. The van der Waals surface area contributed by atoms with Gasteiger partial charge in [-0.05, 0) is 25.0 Å². The van der Waals surface area contributed by atoms with Gasteiger partial charge in [0, 0.05) is 13.3 Å². The minimum atomic E-state index is 1.17. The molecule has 1 heteroatoms. The number of hydrogen-bond acceptors (Lipinski definition) is 1. The Kier molecular flexibility index (Phi) is 3.69. The average Bonchev–Trinajstić information content (AvgIpc) is 1.87. The molecule has 9 heavy (non-hydrogen) atoms. The van der Waals surface area contributed by atoms with E-state index < -0.39 is 0 Å². The third-order valence-electron chi connectivity index (χ3n) is 1.25. The maximum absolute atomic E-state index is 3.87. The maximum atomic E-state index is 3.87. The summed E-state index contributed by atoms with van der Waals surface area (Å²) in [4.78, 5) is 3.87. The molecular weight excluding hydrogens is 110 g/mol. The second-order valence-electron chi connectivity index (χ2n) is 1.96. The zero-order chi connectivity index (χ0) is 7.28. The summed E-state index contributed by atoms with van der Waals surface area (Å²) in [6, 6.07) is 0. The fourth-order valence-corrected chi connectivity index (χ4v) is 0.456. The maximum Gasteiger partial charge on any atom is 0.0277 e. The molecule has 0 amide bonds. The van der Waals surface area contributed by atoms with Gasteiger partial charge in [0.2, 0.25) is 0 Å². The van der Waals surface area contributed by atoms with E-state index in [0.29, 0.717) is 0 Å². The van der Waals surface area contributed by atoms with E-state index in [-0.39, 0.29) is 0 Å². The number of rotatable bonds is 2. The standard InChI is InChI=1S/C8H13N/c1-5-7(2)8(3)6-9-4/h5-6H,1H2,2-4H3/b8-7-,9-6?. The first-order valence-electron chi connectivity index (χ1n) is 2.94. The van der Waals surface area contributed by atoms with Gasteiger partial charge in [-0.1, -0.05) is 12.7 Å². The van der Waals surface area contributed by atoms with Crippen molar-refractivity contribution in [3.05, 3.63) is 23.8 Å². The van der Waals surface area contributed by atoms with E-state index in [1.165, 1.54) is 11.1 Å². The monoisotopic (exact) mass is 123 g/mol. The van der Waals surface area contributed by atoms with Gasteiger partial charge >= 0.3 is 0 Å². The molecule has 0 saturated carbocycles. The van der Waals surface area contributed by atoms with Crippen LogP contribution in [0.15, 0.2) is 28.8 Å². The van der Waals surface area contributed by atoms with E-state index in [0.717, 1.165) is 0 Å². The van der Waals surface area contributed by atoms with Crippen molar-refractivity contribution in [3.63, 3.8) is 0 Å². The molecule has 0 aliphatic heterocycles. The molecule has 0 saturated heterocycles. The fourth-order valence-electron chi connectivity index (χ4n) is 0.456. The van der Waals surface area contributed by atoms with Crippen molar-refractivity contribution in [2.75, 3.05) is 7.05 Å². The molecule has 50 valence electrons. The highest BCUT2D eigenvalue weighted by molar-refractivity contribution is 5.79. The Labute approximate surface area is 56.8 Å². The van der Waals surface area contributed by atoms with Gasteiger partial charge in [0.05, 0.1) is 0 Å². The fraction of sp³-hybridized carbons (Fsp3) is 0.375. The second kappa shape index (κ2) is 4.07. The Morgan fingerprint density at radius 1 is 1.33 bits per heavy atom. The average molecular weight is 123 g/mol. The smallest absolute Gasteiger partial charge is 0.0277 e. The summed E-state index contributed by atoms with van der Waals surface area (Å²) in [6.07, 6.45) is 3.66. The largest absolute Gasteiger partial charge is 0.296 e. The molecule has 1 nitrogen and oxygen atoms in total. The summed E-state index contributed by atoms with van der Waals surface area (Å²) < 4.78 is 0. The lowest BCUT2D eigenvalue weighted by atomic mass is 10.2. The van der Waals surface area contributed by atoms with E-state index in [9.17, 15) is 0 Å². The van der Waals surface area contributed by atoms with Gasteiger partial charge in [-0.15, -0.1) is 0 Å². The molecule has 0 aromatic heterocycles. The molecular formula is C8H13N. The van der Waals surface area contributed by atoms with Crippen LogP contribution in [-0.2, 0) is 0 Å². The molecule has 0 fully saturated rings. The van der Waals surface area contributed by atoms with Crippen molar-refractivity contribution < 1.29 is 0 Å². The minimum absolute atomic E-state index is 1.17. The van der Waals surface area contributed by atoms with Crippen LogP contribution in [0.1, 0.15) is 13.8 Å². The van der Waals surface area contributed by atoms with Crippen LogP contribution in [0.4, 0.5) is 0 Å². The molecule has 0 bridgehead atoms. The van der Waals surface area contributed by atoms with Crippen LogP contribution in [0, 0.1) is 0 Å². The third kappa shape index (κ3) is 2.85. The Morgan fingerprint density at radius 2 is 1.89 bits per heavy atom. The molecule has 0 N–H and O–H groups in total. The number of aliphatic imine (C=N–C) groups is 1. The first-order valence-corrected chi connectivity index (χ1v) is 2.94. The van der Waals surface area contributed by atoms with Gasteiger partial charge < -0.3 is 0 Å². The van der Waals surface area contributed by atoms with E-state index in [4.69, 9.17) is 0 Å². The van der Waals surface area contributed by atoms with Gasteiger partial charge in [0.15, 0.2) is 0 Å². The van der Waals surface area contributed by atoms with Crippen LogP contribution < -0.4 is 0 Å². The highest BCUT2D eigenvalue weighted by Gasteiger charge is 1.84. The van der Waals surface area contributed by atoms with Gasteiger partial charge in [-0.2, -0.15) is 0 Å². The Hall–Kier alpha value is -0.850. The van der Waals surface area contributed by atoms with Gasteiger partial charge in [0.25, 0.3) is 0 Å². The van der Waals surface area contributed by atoms with E-state index in [2.05, 4.69) is 11.6 Å². The van der Waals surface area contributed by atoms with Crippen molar-refractivity contribution in [3.8, 4) is 0 Å². The van der Waals surface area contributed by atoms with Crippen LogP contribution in [0.5, 0.6) is 0 Å².